The van der Waals surface area contributed by atoms with Gasteiger partial charge in [-0.3, -0.25) is 0 Å². The van der Waals surface area contributed by atoms with Crippen molar-refractivity contribution >= 4 is 0 Å². The number of benzene rings is 1. The van der Waals surface area contributed by atoms with Crippen molar-refractivity contribution in [3.63, 3.8) is 0 Å². The molecular formula is C18H22O. The van der Waals surface area contributed by atoms with Crippen molar-refractivity contribution in [1.82, 2.24) is 0 Å². The Morgan fingerprint density at radius 1 is 1.21 bits per heavy atom. The Morgan fingerprint density at radius 3 is 3.00 bits per heavy atom. The van der Waals surface area contributed by atoms with E-state index < -0.39 is 0 Å². The van der Waals surface area contributed by atoms with Crippen molar-refractivity contribution in [2.75, 3.05) is 6.61 Å². The standard InChI is InChI=1S/C18H22O/c19-12-18-10-3-6-17(18)16-8-7-13-4-1-2-5-14(13)15(16)9-11-18/h1-5,10,15-17,19H,6-9,11-12H2/t15-,16-,17+,18+/m1/s1. The predicted molar refractivity (Wildman–Crippen MR) is 77.0 cm³/mol. The summed E-state index contributed by atoms with van der Waals surface area (Å²) < 4.78 is 0. The molecule has 1 N–H and O–H groups in total. The average molecular weight is 254 g/mol. The second-order valence-corrected chi connectivity index (χ2v) is 6.68. The van der Waals surface area contributed by atoms with E-state index in [2.05, 4.69) is 36.4 Å². The lowest BCUT2D eigenvalue weighted by Gasteiger charge is -2.49. The molecule has 100 valence electrons. The number of aliphatic hydroxyl groups excluding tert-OH is 1. The summed E-state index contributed by atoms with van der Waals surface area (Å²) in [4.78, 5) is 0. The summed E-state index contributed by atoms with van der Waals surface area (Å²) in [6, 6.07) is 9.03. The summed E-state index contributed by atoms with van der Waals surface area (Å²) >= 11 is 0. The van der Waals surface area contributed by atoms with Gasteiger partial charge in [-0.1, -0.05) is 36.4 Å². The molecule has 1 fully saturated rings. The van der Waals surface area contributed by atoms with Crippen LogP contribution in [0.15, 0.2) is 36.4 Å². The lowest BCUT2D eigenvalue weighted by molar-refractivity contribution is 0.0208. The number of aryl methyl sites for hydroxylation is 1. The zero-order chi connectivity index (χ0) is 12.9. The zero-order valence-electron chi connectivity index (χ0n) is 11.4. The molecule has 1 nitrogen and oxygen atoms in total. The first kappa shape index (κ1) is 11.7. The van der Waals surface area contributed by atoms with Gasteiger partial charge in [-0.05, 0) is 61.0 Å². The predicted octanol–water partition coefficient (Wildman–Crippen LogP) is 3.68. The Labute approximate surface area is 115 Å². The molecule has 0 aliphatic heterocycles. The normalized spacial score (nSPS) is 39.5. The van der Waals surface area contributed by atoms with Crippen LogP contribution in [-0.4, -0.2) is 11.7 Å². The second kappa shape index (κ2) is 4.21. The third-order valence-electron chi connectivity index (χ3n) is 6.03. The van der Waals surface area contributed by atoms with Gasteiger partial charge in [-0.15, -0.1) is 0 Å². The highest BCUT2D eigenvalue weighted by molar-refractivity contribution is 5.35. The van der Waals surface area contributed by atoms with Crippen LogP contribution in [0.3, 0.4) is 0 Å². The van der Waals surface area contributed by atoms with E-state index >= 15 is 0 Å². The Kier molecular flexibility index (Phi) is 2.60. The highest BCUT2D eigenvalue weighted by atomic mass is 16.3. The molecule has 3 aliphatic rings. The van der Waals surface area contributed by atoms with E-state index in [1.54, 1.807) is 11.1 Å². The third kappa shape index (κ3) is 1.57. The Morgan fingerprint density at radius 2 is 2.11 bits per heavy atom. The molecule has 1 saturated carbocycles. The van der Waals surface area contributed by atoms with Crippen LogP contribution < -0.4 is 0 Å². The van der Waals surface area contributed by atoms with Crippen LogP contribution in [0.5, 0.6) is 0 Å². The lowest BCUT2D eigenvalue weighted by Crippen LogP contribution is -2.43. The zero-order valence-corrected chi connectivity index (χ0v) is 11.4. The van der Waals surface area contributed by atoms with Gasteiger partial charge in [0.2, 0.25) is 0 Å². The molecule has 3 aliphatic carbocycles. The van der Waals surface area contributed by atoms with Crippen molar-refractivity contribution in [2.24, 2.45) is 17.3 Å². The first-order valence-corrected chi connectivity index (χ1v) is 7.70. The molecule has 19 heavy (non-hydrogen) atoms. The van der Waals surface area contributed by atoms with E-state index in [1.807, 2.05) is 0 Å². The van der Waals surface area contributed by atoms with Gasteiger partial charge in [0.15, 0.2) is 0 Å². The second-order valence-electron chi connectivity index (χ2n) is 6.68. The van der Waals surface area contributed by atoms with Crippen molar-refractivity contribution in [3.05, 3.63) is 47.5 Å². The molecule has 4 atom stereocenters. The number of rotatable bonds is 1. The van der Waals surface area contributed by atoms with Crippen LogP contribution in [0.4, 0.5) is 0 Å². The summed E-state index contributed by atoms with van der Waals surface area (Å²) in [5.41, 5.74) is 3.30. The molecule has 0 aromatic heterocycles. The number of hydrogen-bond donors (Lipinski definition) is 1. The molecule has 1 aromatic rings. The first-order valence-electron chi connectivity index (χ1n) is 7.70. The molecule has 0 heterocycles. The van der Waals surface area contributed by atoms with Crippen LogP contribution in [-0.2, 0) is 6.42 Å². The molecule has 0 unspecified atom stereocenters. The van der Waals surface area contributed by atoms with E-state index in [-0.39, 0.29) is 5.41 Å². The van der Waals surface area contributed by atoms with Gasteiger partial charge in [0.05, 0.1) is 6.61 Å². The Bertz CT molecular complexity index is 518. The number of allylic oxidation sites excluding steroid dienone is 1. The molecule has 0 saturated heterocycles. The topological polar surface area (TPSA) is 20.2 Å². The van der Waals surface area contributed by atoms with Crippen molar-refractivity contribution in [2.45, 2.75) is 38.0 Å². The highest BCUT2D eigenvalue weighted by Crippen LogP contribution is 2.58. The maximum Gasteiger partial charge on any atom is 0.0524 e. The van der Waals surface area contributed by atoms with Crippen molar-refractivity contribution < 1.29 is 5.11 Å². The summed E-state index contributed by atoms with van der Waals surface area (Å²) in [6.07, 6.45) is 10.8. The van der Waals surface area contributed by atoms with Crippen LogP contribution in [0.25, 0.3) is 0 Å². The minimum atomic E-state index is 0.119. The summed E-state index contributed by atoms with van der Waals surface area (Å²) in [7, 11) is 0. The number of fused-ring (bicyclic) bond motifs is 5. The minimum absolute atomic E-state index is 0.119. The quantitative estimate of drug-likeness (QED) is 0.758. The van der Waals surface area contributed by atoms with E-state index in [0.29, 0.717) is 12.5 Å². The van der Waals surface area contributed by atoms with Crippen molar-refractivity contribution in [1.29, 1.82) is 0 Å². The molecule has 4 rings (SSSR count). The van der Waals surface area contributed by atoms with Gasteiger partial charge >= 0.3 is 0 Å². The third-order valence-corrected chi connectivity index (χ3v) is 6.03. The van der Waals surface area contributed by atoms with Gasteiger partial charge in [0.1, 0.15) is 0 Å². The Hall–Kier alpha value is -1.08. The van der Waals surface area contributed by atoms with Gasteiger partial charge in [-0.2, -0.15) is 0 Å². The number of hydrogen-bond acceptors (Lipinski definition) is 1. The maximum absolute atomic E-state index is 9.89. The van der Waals surface area contributed by atoms with Crippen LogP contribution in [0, 0.1) is 17.3 Å². The monoisotopic (exact) mass is 254 g/mol. The van der Waals surface area contributed by atoms with Crippen LogP contribution in [0.1, 0.15) is 42.7 Å². The molecule has 1 aromatic carbocycles. The van der Waals surface area contributed by atoms with E-state index in [4.69, 9.17) is 0 Å². The number of aliphatic hydroxyl groups is 1. The molecule has 0 amide bonds. The summed E-state index contributed by atoms with van der Waals surface area (Å²) in [5.74, 6) is 2.21. The van der Waals surface area contributed by atoms with Gasteiger partial charge in [-0.25, -0.2) is 0 Å². The lowest BCUT2D eigenvalue weighted by atomic mass is 9.55. The molecular weight excluding hydrogens is 232 g/mol. The van der Waals surface area contributed by atoms with E-state index in [0.717, 1.165) is 11.8 Å². The summed E-state index contributed by atoms with van der Waals surface area (Å²) in [6.45, 7) is 0.346. The fourth-order valence-corrected chi connectivity index (χ4v) is 5.08. The molecule has 1 heteroatoms. The first-order chi connectivity index (χ1) is 9.34. The van der Waals surface area contributed by atoms with Crippen LogP contribution >= 0.6 is 0 Å². The largest absolute Gasteiger partial charge is 0.395 e. The van der Waals surface area contributed by atoms with Crippen molar-refractivity contribution in [3.8, 4) is 0 Å². The average Bonchev–Trinajstić information content (AvgIpc) is 2.91. The maximum atomic E-state index is 9.89. The minimum Gasteiger partial charge on any atom is -0.395 e. The molecule has 0 bridgehead atoms. The fourth-order valence-electron chi connectivity index (χ4n) is 5.08. The Balaban J connectivity index is 1.72. The molecule has 0 spiro atoms. The summed E-state index contributed by atoms with van der Waals surface area (Å²) in [5, 5.41) is 9.89. The van der Waals surface area contributed by atoms with Crippen LogP contribution in [0.2, 0.25) is 0 Å². The fraction of sp³-hybridized carbons (Fsp3) is 0.556. The van der Waals surface area contributed by atoms with Gasteiger partial charge in [0.25, 0.3) is 0 Å². The van der Waals surface area contributed by atoms with E-state index in [9.17, 15) is 5.11 Å². The molecule has 0 radical (unpaired) electrons. The highest BCUT2D eigenvalue weighted by Gasteiger charge is 2.50. The van der Waals surface area contributed by atoms with E-state index in [1.165, 1.54) is 32.1 Å². The smallest absolute Gasteiger partial charge is 0.0524 e. The van der Waals surface area contributed by atoms with Gasteiger partial charge in [0, 0.05) is 5.41 Å². The SMILES string of the molecule is OC[C@@]12C=CC[C@H]1[C@@H]1CCc3ccccc3[C@H]1CC2. The van der Waals surface area contributed by atoms with Gasteiger partial charge < -0.3 is 5.11 Å².